The predicted molar refractivity (Wildman–Crippen MR) is 89.7 cm³/mol. The summed E-state index contributed by atoms with van der Waals surface area (Å²) in [4.78, 5) is 14.2. The van der Waals surface area contributed by atoms with Gasteiger partial charge in [0.2, 0.25) is 5.91 Å². The summed E-state index contributed by atoms with van der Waals surface area (Å²) in [7, 11) is 1.92. The van der Waals surface area contributed by atoms with Gasteiger partial charge in [-0.2, -0.15) is 5.10 Å². The number of amides is 1. The number of carbonyl (C=O) groups is 1. The van der Waals surface area contributed by atoms with Crippen molar-refractivity contribution in [3.63, 3.8) is 0 Å². The molecule has 0 radical (unpaired) electrons. The Balaban J connectivity index is 1.42. The molecular weight excluding hydrogens is 307 g/mol. The maximum Gasteiger partial charge on any atom is 0.234 e. The fourth-order valence-corrected chi connectivity index (χ4v) is 3.23. The van der Waals surface area contributed by atoms with Gasteiger partial charge in [0, 0.05) is 31.9 Å². The molecule has 0 bridgehead atoms. The summed E-state index contributed by atoms with van der Waals surface area (Å²) in [5, 5.41) is 7.00. The van der Waals surface area contributed by atoms with Crippen LogP contribution in [0.4, 0.5) is 4.39 Å². The van der Waals surface area contributed by atoms with Crippen LogP contribution in [0, 0.1) is 11.7 Å². The van der Waals surface area contributed by atoms with E-state index in [1.807, 2.05) is 24.1 Å². The first kappa shape index (κ1) is 16.6. The van der Waals surface area contributed by atoms with Crippen LogP contribution in [-0.2, 0) is 24.8 Å². The third-order valence-electron chi connectivity index (χ3n) is 4.45. The highest BCUT2D eigenvalue weighted by Gasteiger charge is 2.24. The molecule has 1 N–H and O–H groups in total. The number of benzene rings is 1. The number of nitrogens with zero attached hydrogens (tertiary/aromatic N) is 3. The van der Waals surface area contributed by atoms with E-state index in [1.165, 1.54) is 11.6 Å². The van der Waals surface area contributed by atoms with Gasteiger partial charge in [0.25, 0.3) is 0 Å². The lowest BCUT2D eigenvalue weighted by Crippen LogP contribution is -2.36. The van der Waals surface area contributed by atoms with Crippen LogP contribution in [0.2, 0.25) is 0 Å². The highest BCUT2D eigenvalue weighted by Crippen LogP contribution is 2.20. The minimum Gasteiger partial charge on any atom is -0.351 e. The summed E-state index contributed by atoms with van der Waals surface area (Å²) in [6.07, 6.45) is 6.05. The third kappa shape index (κ3) is 4.41. The Hall–Kier alpha value is -2.21. The standard InChI is InChI=1S/C18H23FN4O/c1-22-11-15(9-21-22)8-14-6-7-23(12-14)13-18(24)20-10-16-4-2-3-5-17(16)19/h2-5,9,11,14H,6-8,10,12-13H2,1H3,(H,20,24). The summed E-state index contributed by atoms with van der Waals surface area (Å²) >= 11 is 0. The quantitative estimate of drug-likeness (QED) is 0.878. The molecule has 24 heavy (non-hydrogen) atoms. The molecule has 3 rings (SSSR count). The zero-order valence-corrected chi connectivity index (χ0v) is 13.9. The summed E-state index contributed by atoms with van der Waals surface area (Å²) in [5.41, 5.74) is 1.76. The van der Waals surface area contributed by atoms with E-state index in [2.05, 4.69) is 15.3 Å². The lowest BCUT2D eigenvalue weighted by Gasteiger charge is -2.15. The van der Waals surface area contributed by atoms with Gasteiger partial charge >= 0.3 is 0 Å². The molecule has 0 spiro atoms. The second-order valence-corrected chi connectivity index (χ2v) is 6.48. The highest BCUT2D eigenvalue weighted by atomic mass is 19.1. The van der Waals surface area contributed by atoms with Gasteiger partial charge in [-0.05, 0) is 36.9 Å². The van der Waals surface area contributed by atoms with Gasteiger partial charge < -0.3 is 5.32 Å². The molecule has 1 fully saturated rings. The Morgan fingerprint density at radius 3 is 3.00 bits per heavy atom. The maximum atomic E-state index is 13.5. The van der Waals surface area contributed by atoms with E-state index in [0.717, 1.165) is 25.9 Å². The Bertz CT molecular complexity index is 700. The van der Waals surface area contributed by atoms with Gasteiger partial charge in [-0.15, -0.1) is 0 Å². The van der Waals surface area contributed by atoms with Gasteiger partial charge in [-0.1, -0.05) is 18.2 Å². The van der Waals surface area contributed by atoms with Crippen LogP contribution in [0.25, 0.3) is 0 Å². The van der Waals surface area contributed by atoms with Crippen molar-refractivity contribution in [2.45, 2.75) is 19.4 Å². The average molecular weight is 330 g/mol. The molecule has 0 saturated carbocycles. The smallest absolute Gasteiger partial charge is 0.234 e. The molecule has 0 aliphatic carbocycles. The number of rotatable bonds is 6. The lowest BCUT2D eigenvalue weighted by molar-refractivity contribution is -0.122. The second-order valence-electron chi connectivity index (χ2n) is 6.48. The number of hydrogen-bond acceptors (Lipinski definition) is 3. The van der Waals surface area contributed by atoms with Crippen molar-refractivity contribution in [2.24, 2.45) is 13.0 Å². The van der Waals surface area contributed by atoms with Crippen molar-refractivity contribution in [1.29, 1.82) is 0 Å². The summed E-state index contributed by atoms with van der Waals surface area (Å²) in [5.74, 6) is 0.226. The molecule has 1 amide bonds. The molecule has 1 aliphatic heterocycles. The van der Waals surface area contributed by atoms with Gasteiger partial charge in [-0.25, -0.2) is 4.39 Å². The van der Waals surface area contributed by atoms with E-state index in [4.69, 9.17) is 0 Å². The molecule has 1 unspecified atom stereocenters. The number of nitrogens with one attached hydrogen (secondary N) is 1. The highest BCUT2D eigenvalue weighted by molar-refractivity contribution is 5.78. The van der Waals surface area contributed by atoms with Crippen molar-refractivity contribution in [2.75, 3.05) is 19.6 Å². The number of carbonyl (C=O) groups excluding carboxylic acids is 1. The van der Waals surface area contributed by atoms with Gasteiger partial charge in [0.15, 0.2) is 0 Å². The summed E-state index contributed by atoms with van der Waals surface area (Å²) in [6.45, 7) is 2.45. The summed E-state index contributed by atoms with van der Waals surface area (Å²) < 4.78 is 15.4. The van der Waals surface area contributed by atoms with Crippen LogP contribution in [0.1, 0.15) is 17.5 Å². The van der Waals surface area contributed by atoms with E-state index in [0.29, 0.717) is 18.0 Å². The van der Waals surface area contributed by atoms with Crippen LogP contribution in [0.15, 0.2) is 36.7 Å². The molecule has 1 saturated heterocycles. The monoisotopic (exact) mass is 330 g/mol. The number of aryl methyl sites for hydroxylation is 1. The zero-order chi connectivity index (χ0) is 16.9. The Labute approximate surface area is 141 Å². The molecule has 1 aromatic heterocycles. The molecule has 1 aliphatic rings. The maximum absolute atomic E-state index is 13.5. The molecule has 2 heterocycles. The van der Waals surface area contributed by atoms with E-state index in [1.54, 1.807) is 18.2 Å². The van der Waals surface area contributed by atoms with E-state index in [9.17, 15) is 9.18 Å². The summed E-state index contributed by atoms with van der Waals surface area (Å²) in [6, 6.07) is 6.52. The Kier molecular flexibility index (Phi) is 5.25. The third-order valence-corrected chi connectivity index (χ3v) is 4.45. The fourth-order valence-electron chi connectivity index (χ4n) is 3.23. The lowest BCUT2D eigenvalue weighted by atomic mass is 10.0. The first-order valence-corrected chi connectivity index (χ1v) is 8.30. The van der Waals surface area contributed by atoms with Crippen LogP contribution in [0.5, 0.6) is 0 Å². The predicted octanol–water partition coefficient (Wildman–Crippen LogP) is 1.74. The van der Waals surface area contributed by atoms with Crippen molar-refractivity contribution >= 4 is 5.91 Å². The second kappa shape index (κ2) is 7.57. The van der Waals surface area contributed by atoms with Gasteiger partial charge in [0.1, 0.15) is 5.82 Å². The molecule has 1 aromatic carbocycles. The molecule has 128 valence electrons. The number of likely N-dealkylation sites (tertiary alicyclic amines) is 1. The largest absolute Gasteiger partial charge is 0.351 e. The SMILES string of the molecule is Cn1cc(CC2CCN(CC(=O)NCc3ccccc3F)C2)cn1. The topological polar surface area (TPSA) is 50.2 Å². The normalized spacial score (nSPS) is 18.0. The fraction of sp³-hybridized carbons (Fsp3) is 0.444. The van der Waals surface area contributed by atoms with Crippen LogP contribution in [-0.4, -0.2) is 40.2 Å². The molecule has 5 nitrogen and oxygen atoms in total. The average Bonchev–Trinajstić information content (AvgIpc) is 3.16. The van der Waals surface area contributed by atoms with Gasteiger partial charge in [0.05, 0.1) is 12.7 Å². The zero-order valence-electron chi connectivity index (χ0n) is 13.9. The van der Waals surface area contributed by atoms with Crippen LogP contribution >= 0.6 is 0 Å². The minimum atomic E-state index is -0.282. The van der Waals surface area contributed by atoms with Crippen molar-refractivity contribution in [1.82, 2.24) is 20.0 Å². The first-order valence-electron chi connectivity index (χ1n) is 8.30. The molecule has 1 atom stereocenters. The van der Waals surface area contributed by atoms with Crippen molar-refractivity contribution in [3.05, 3.63) is 53.6 Å². The Morgan fingerprint density at radius 2 is 2.25 bits per heavy atom. The molecule has 2 aromatic rings. The van der Waals surface area contributed by atoms with E-state index >= 15 is 0 Å². The van der Waals surface area contributed by atoms with Crippen molar-refractivity contribution < 1.29 is 9.18 Å². The van der Waals surface area contributed by atoms with Gasteiger partial charge in [-0.3, -0.25) is 14.4 Å². The Morgan fingerprint density at radius 1 is 1.42 bits per heavy atom. The van der Waals surface area contributed by atoms with E-state index < -0.39 is 0 Å². The first-order chi connectivity index (χ1) is 11.6. The number of halogens is 1. The van der Waals surface area contributed by atoms with Crippen LogP contribution in [0.3, 0.4) is 0 Å². The molecule has 6 heteroatoms. The molecular formula is C18H23FN4O. The van der Waals surface area contributed by atoms with E-state index in [-0.39, 0.29) is 18.3 Å². The van der Waals surface area contributed by atoms with Crippen LogP contribution < -0.4 is 5.32 Å². The minimum absolute atomic E-state index is 0.0553. The number of hydrogen-bond donors (Lipinski definition) is 1. The number of aromatic nitrogens is 2. The van der Waals surface area contributed by atoms with Crippen molar-refractivity contribution in [3.8, 4) is 0 Å².